The Morgan fingerprint density at radius 1 is 1.26 bits per heavy atom. The Bertz CT molecular complexity index is 574. The van der Waals surface area contributed by atoms with Crippen LogP contribution in [0.3, 0.4) is 0 Å². The molecular formula is C15H15ClFNO. The Morgan fingerprint density at radius 3 is 2.68 bits per heavy atom. The van der Waals surface area contributed by atoms with E-state index in [0.29, 0.717) is 6.42 Å². The zero-order valence-corrected chi connectivity index (χ0v) is 11.3. The molecule has 0 fully saturated rings. The minimum Gasteiger partial charge on any atom is -0.496 e. The molecule has 1 unspecified atom stereocenters. The van der Waals surface area contributed by atoms with Gasteiger partial charge in [0.1, 0.15) is 11.6 Å². The number of rotatable bonds is 4. The molecule has 0 heterocycles. The molecule has 0 saturated heterocycles. The van der Waals surface area contributed by atoms with Crippen molar-refractivity contribution in [3.05, 3.63) is 64.4 Å². The highest BCUT2D eigenvalue weighted by Crippen LogP contribution is 2.26. The van der Waals surface area contributed by atoms with Gasteiger partial charge in [0.15, 0.2) is 0 Å². The summed E-state index contributed by atoms with van der Waals surface area (Å²) in [5, 5.41) is 0.115. The van der Waals surface area contributed by atoms with E-state index in [-0.39, 0.29) is 11.1 Å². The van der Waals surface area contributed by atoms with E-state index in [1.807, 2.05) is 24.3 Å². The molecular weight excluding hydrogens is 265 g/mol. The van der Waals surface area contributed by atoms with Crippen LogP contribution in [0.15, 0.2) is 42.5 Å². The van der Waals surface area contributed by atoms with Crippen LogP contribution in [0.25, 0.3) is 0 Å². The van der Waals surface area contributed by atoms with Crippen LogP contribution in [0.4, 0.5) is 4.39 Å². The first-order chi connectivity index (χ1) is 9.11. The Labute approximate surface area is 117 Å². The molecule has 100 valence electrons. The number of halogens is 2. The average Bonchev–Trinajstić information content (AvgIpc) is 2.43. The predicted octanol–water partition coefficient (Wildman–Crippen LogP) is 3.73. The third-order valence-corrected chi connectivity index (χ3v) is 3.27. The largest absolute Gasteiger partial charge is 0.496 e. The first kappa shape index (κ1) is 13.8. The van der Waals surface area contributed by atoms with Crippen molar-refractivity contribution in [3.63, 3.8) is 0 Å². The van der Waals surface area contributed by atoms with Crippen LogP contribution in [0.2, 0.25) is 5.02 Å². The zero-order chi connectivity index (χ0) is 13.8. The maximum Gasteiger partial charge on any atom is 0.141 e. The summed E-state index contributed by atoms with van der Waals surface area (Å²) >= 11 is 5.76. The lowest BCUT2D eigenvalue weighted by Crippen LogP contribution is -2.14. The van der Waals surface area contributed by atoms with Gasteiger partial charge < -0.3 is 10.5 Å². The molecule has 0 aliphatic heterocycles. The summed E-state index contributed by atoms with van der Waals surface area (Å²) in [7, 11) is 1.61. The maximum absolute atomic E-state index is 13.1. The van der Waals surface area contributed by atoms with Gasteiger partial charge in [-0.05, 0) is 30.2 Å². The van der Waals surface area contributed by atoms with Crippen LogP contribution < -0.4 is 10.5 Å². The molecule has 19 heavy (non-hydrogen) atoms. The molecule has 4 heteroatoms. The van der Waals surface area contributed by atoms with Gasteiger partial charge in [-0.25, -0.2) is 4.39 Å². The second kappa shape index (κ2) is 6.04. The van der Waals surface area contributed by atoms with Crippen molar-refractivity contribution < 1.29 is 9.13 Å². The first-order valence-corrected chi connectivity index (χ1v) is 6.32. The van der Waals surface area contributed by atoms with Crippen LogP contribution in [-0.2, 0) is 6.42 Å². The molecule has 0 spiro atoms. The Morgan fingerprint density at radius 2 is 2.00 bits per heavy atom. The smallest absolute Gasteiger partial charge is 0.141 e. The van der Waals surface area contributed by atoms with Gasteiger partial charge in [-0.15, -0.1) is 0 Å². The van der Waals surface area contributed by atoms with Gasteiger partial charge in [-0.1, -0.05) is 35.9 Å². The lowest BCUT2D eigenvalue weighted by atomic mass is 9.99. The monoisotopic (exact) mass is 279 g/mol. The van der Waals surface area contributed by atoms with Crippen molar-refractivity contribution in [2.75, 3.05) is 7.11 Å². The van der Waals surface area contributed by atoms with E-state index in [2.05, 4.69) is 0 Å². The minimum atomic E-state index is -0.420. The van der Waals surface area contributed by atoms with Crippen LogP contribution >= 0.6 is 11.6 Å². The molecule has 2 aromatic carbocycles. The summed E-state index contributed by atoms with van der Waals surface area (Å²) in [4.78, 5) is 0. The van der Waals surface area contributed by atoms with E-state index < -0.39 is 5.82 Å². The summed E-state index contributed by atoms with van der Waals surface area (Å²) in [6.45, 7) is 0. The van der Waals surface area contributed by atoms with Gasteiger partial charge in [-0.3, -0.25) is 0 Å². The lowest BCUT2D eigenvalue weighted by Gasteiger charge is -2.15. The topological polar surface area (TPSA) is 35.2 Å². The van der Waals surface area contributed by atoms with Crippen molar-refractivity contribution in [1.82, 2.24) is 0 Å². The number of hydrogen-bond donors (Lipinski definition) is 1. The molecule has 2 N–H and O–H groups in total. The fourth-order valence-corrected chi connectivity index (χ4v) is 2.21. The van der Waals surface area contributed by atoms with E-state index >= 15 is 0 Å². The molecule has 0 aliphatic rings. The molecule has 0 aliphatic carbocycles. The van der Waals surface area contributed by atoms with Crippen LogP contribution in [0, 0.1) is 5.82 Å². The standard InChI is InChI=1S/C15H15ClFNO/c1-19-15-5-3-2-4-11(15)14(18)9-10-6-7-13(17)12(16)8-10/h2-8,14H,9,18H2,1H3. The Balaban J connectivity index is 2.20. The molecule has 0 radical (unpaired) electrons. The summed E-state index contributed by atoms with van der Waals surface area (Å²) < 4.78 is 18.4. The van der Waals surface area contributed by atoms with Crippen molar-refractivity contribution in [2.45, 2.75) is 12.5 Å². The van der Waals surface area contributed by atoms with Crippen LogP contribution in [-0.4, -0.2) is 7.11 Å². The Kier molecular flexibility index (Phi) is 4.40. The maximum atomic E-state index is 13.1. The fourth-order valence-electron chi connectivity index (χ4n) is 2.00. The van der Waals surface area contributed by atoms with Crippen molar-refractivity contribution in [3.8, 4) is 5.75 Å². The average molecular weight is 280 g/mol. The second-order valence-electron chi connectivity index (χ2n) is 4.30. The van der Waals surface area contributed by atoms with Gasteiger partial charge in [0.2, 0.25) is 0 Å². The number of ether oxygens (including phenoxy) is 1. The zero-order valence-electron chi connectivity index (χ0n) is 10.6. The fraction of sp³-hybridized carbons (Fsp3) is 0.200. The summed E-state index contributed by atoms with van der Waals surface area (Å²) in [5.74, 6) is 0.333. The number of nitrogens with two attached hydrogens (primary N) is 1. The van der Waals surface area contributed by atoms with E-state index in [1.165, 1.54) is 6.07 Å². The highest BCUT2D eigenvalue weighted by atomic mass is 35.5. The third-order valence-electron chi connectivity index (χ3n) is 2.98. The molecule has 0 bridgehead atoms. The second-order valence-corrected chi connectivity index (χ2v) is 4.71. The van der Waals surface area contributed by atoms with Crippen molar-refractivity contribution in [2.24, 2.45) is 5.73 Å². The molecule has 2 rings (SSSR count). The minimum absolute atomic E-state index is 0.115. The first-order valence-electron chi connectivity index (χ1n) is 5.94. The van der Waals surface area contributed by atoms with E-state index in [4.69, 9.17) is 22.1 Å². The number of methoxy groups -OCH3 is 1. The van der Waals surface area contributed by atoms with Gasteiger partial charge in [0.05, 0.1) is 12.1 Å². The van der Waals surface area contributed by atoms with Crippen LogP contribution in [0.5, 0.6) is 5.75 Å². The van der Waals surface area contributed by atoms with E-state index in [1.54, 1.807) is 19.2 Å². The molecule has 0 amide bonds. The highest BCUT2D eigenvalue weighted by molar-refractivity contribution is 6.30. The highest BCUT2D eigenvalue weighted by Gasteiger charge is 2.12. The lowest BCUT2D eigenvalue weighted by molar-refractivity contribution is 0.405. The van der Waals surface area contributed by atoms with Crippen LogP contribution in [0.1, 0.15) is 17.2 Å². The molecule has 2 aromatic rings. The van der Waals surface area contributed by atoms with Gasteiger partial charge in [0.25, 0.3) is 0 Å². The summed E-state index contributed by atoms with van der Waals surface area (Å²) in [6.07, 6.45) is 0.570. The summed E-state index contributed by atoms with van der Waals surface area (Å²) in [6, 6.07) is 12.0. The van der Waals surface area contributed by atoms with E-state index in [0.717, 1.165) is 16.9 Å². The number of hydrogen-bond acceptors (Lipinski definition) is 2. The van der Waals surface area contributed by atoms with Gasteiger partial charge in [-0.2, -0.15) is 0 Å². The van der Waals surface area contributed by atoms with Gasteiger partial charge >= 0.3 is 0 Å². The molecule has 0 saturated carbocycles. The predicted molar refractivity (Wildman–Crippen MR) is 75.0 cm³/mol. The quantitative estimate of drug-likeness (QED) is 0.925. The normalized spacial score (nSPS) is 12.2. The molecule has 2 nitrogen and oxygen atoms in total. The third kappa shape index (κ3) is 3.25. The molecule has 0 aromatic heterocycles. The van der Waals surface area contributed by atoms with Gasteiger partial charge in [0, 0.05) is 11.6 Å². The number of benzene rings is 2. The number of para-hydroxylation sites is 1. The van der Waals surface area contributed by atoms with Crippen molar-refractivity contribution >= 4 is 11.6 Å². The van der Waals surface area contributed by atoms with E-state index in [9.17, 15) is 4.39 Å². The summed E-state index contributed by atoms with van der Waals surface area (Å²) in [5.41, 5.74) is 7.99. The SMILES string of the molecule is COc1ccccc1C(N)Cc1ccc(F)c(Cl)c1. The molecule has 1 atom stereocenters. The van der Waals surface area contributed by atoms with Crippen molar-refractivity contribution in [1.29, 1.82) is 0 Å². The Hall–Kier alpha value is -1.58.